The van der Waals surface area contributed by atoms with Crippen LogP contribution in [-0.4, -0.2) is 25.5 Å². The summed E-state index contributed by atoms with van der Waals surface area (Å²) in [4.78, 5) is 11.5. The van der Waals surface area contributed by atoms with Crippen LogP contribution in [-0.2, 0) is 9.47 Å². The Bertz CT molecular complexity index is 437. The third-order valence-electron chi connectivity index (χ3n) is 1.75. The van der Waals surface area contributed by atoms with Crippen molar-refractivity contribution < 1.29 is 27.4 Å². The van der Waals surface area contributed by atoms with E-state index in [0.29, 0.717) is 10.2 Å². The zero-order chi connectivity index (χ0) is 13.8. The zero-order valence-electron chi connectivity index (χ0n) is 8.96. The van der Waals surface area contributed by atoms with Crippen LogP contribution < -0.4 is 5.73 Å². The van der Waals surface area contributed by atoms with Gasteiger partial charge in [0.25, 0.3) is 0 Å². The molecule has 0 aliphatic carbocycles. The van der Waals surface area contributed by atoms with Gasteiger partial charge in [0, 0.05) is 10.2 Å². The zero-order valence-corrected chi connectivity index (χ0v) is 10.5. The van der Waals surface area contributed by atoms with Crippen LogP contribution in [0.15, 0.2) is 22.7 Å². The number of halogens is 4. The largest absolute Gasteiger partial charge is 0.435 e. The number of carbonyl (C=O) groups is 1. The number of nitrogen functional groups attached to an aromatic ring is 1. The molecule has 0 fully saturated rings. The Morgan fingerprint density at radius 3 is 2.67 bits per heavy atom. The first-order chi connectivity index (χ1) is 8.29. The van der Waals surface area contributed by atoms with Crippen LogP contribution in [0, 0.1) is 0 Å². The lowest BCUT2D eigenvalue weighted by Gasteiger charge is -2.09. The molecule has 2 N–H and O–H groups in total. The summed E-state index contributed by atoms with van der Waals surface area (Å²) >= 11 is 3.09. The molecule has 0 saturated heterocycles. The maximum absolute atomic E-state index is 11.7. The number of ether oxygens (including phenoxy) is 2. The van der Waals surface area contributed by atoms with Crippen LogP contribution in [0.5, 0.6) is 0 Å². The average Bonchev–Trinajstić information content (AvgIpc) is 2.26. The summed E-state index contributed by atoms with van der Waals surface area (Å²) in [7, 11) is 0. The molecule has 0 aromatic heterocycles. The van der Waals surface area contributed by atoms with Crippen molar-refractivity contribution in [2.24, 2.45) is 0 Å². The molecule has 0 radical (unpaired) electrons. The van der Waals surface area contributed by atoms with E-state index in [9.17, 15) is 18.0 Å². The Kier molecular flexibility index (Phi) is 4.97. The van der Waals surface area contributed by atoms with E-state index in [1.807, 2.05) is 0 Å². The van der Waals surface area contributed by atoms with E-state index < -0.39 is 25.5 Å². The number of benzene rings is 1. The van der Waals surface area contributed by atoms with Crippen LogP contribution in [0.1, 0.15) is 10.4 Å². The summed E-state index contributed by atoms with van der Waals surface area (Å²) < 4.78 is 44.3. The molecule has 1 aromatic carbocycles. The Morgan fingerprint density at radius 2 is 2.06 bits per heavy atom. The summed E-state index contributed by atoms with van der Waals surface area (Å²) in [5.74, 6) is -0.823. The van der Waals surface area contributed by atoms with Gasteiger partial charge in [-0.2, -0.15) is 13.2 Å². The minimum atomic E-state index is -4.45. The highest BCUT2D eigenvalue weighted by molar-refractivity contribution is 9.10. The molecule has 0 saturated carbocycles. The molecule has 1 rings (SSSR count). The number of esters is 1. The molecule has 0 amide bonds. The van der Waals surface area contributed by atoms with E-state index >= 15 is 0 Å². The molecule has 0 atom stereocenters. The minimum Gasteiger partial charge on any atom is -0.435 e. The number of alkyl halides is 3. The van der Waals surface area contributed by atoms with Gasteiger partial charge in [-0.15, -0.1) is 0 Å². The molecule has 0 heterocycles. The predicted octanol–water partition coefficient (Wildman–Crippen LogP) is 2.72. The van der Waals surface area contributed by atoms with E-state index in [2.05, 4.69) is 25.4 Å². The van der Waals surface area contributed by atoms with Crippen molar-refractivity contribution >= 4 is 27.6 Å². The molecule has 0 unspecified atom stereocenters. The summed E-state index contributed by atoms with van der Waals surface area (Å²) in [6.45, 7) is -2.25. The second-order valence-corrected chi connectivity index (χ2v) is 4.11. The van der Waals surface area contributed by atoms with Crippen molar-refractivity contribution in [2.75, 3.05) is 19.1 Å². The smallest absolute Gasteiger partial charge is 0.411 e. The summed E-state index contributed by atoms with van der Waals surface area (Å²) in [6.07, 6.45) is -4.45. The number of anilines is 1. The van der Waals surface area contributed by atoms with Crippen LogP contribution in [0.2, 0.25) is 0 Å². The van der Waals surface area contributed by atoms with Crippen LogP contribution in [0.25, 0.3) is 0 Å². The number of nitrogens with two attached hydrogens (primary N) is 1. The topological polar surface area (TPSA) is 61.6 Å². The third kappa shape index (κ3) is 4.92. The van der Waals surface area contributed by atoms with Crippen LogP contribution in [0.4, 0.5) is 18.9 Å². The lowest BCUT2D eigenvalue weighted by Crippen LogP contribution is -2.19. The SMILES string of the molecule is Nc1ccc(Br)c(C(=O)OCOCC(F)(F)F)c1. The second kappa shape index (κ2) is 6.05. The lowest BCUT2D eigenvalue weighted by atomic mass is 10.2. The quantitative estimate of drug-likeness (QED) is 0.400. The second-order valence-electron chi connectivity index (χ2n) is 3.25. The van der Waals surface area contributed by atoms with Gasteiger partial charge >= 0.3 is 12.1 Å². The first kappa shape index (κ1) is 14.8. The Hall–Kier alpha value is -1.28. The number of hydrogen-bond donors (Lipinski definition) is 1. The van der Waals surface area contributed by atoms with Crippen LogP contribution in [0.3, 0.4) is 0 Å². The Labute approximate surface area is 109 Å². The molecule has 0 bridgehead atoms. The van der Waals surface area contributed by atoms with E-state index in [4.69, 9.17) is 5.73 Å². The summed E-state index contributed by atoms with van der Waals surface area (Å²) in [5.41, 5.74) is 5.92. The molecule has 8 heteroatoms. The van der Waals surface area contributed by atoms with Crippen molar-refractivity contribution in [3.8, 4) is 0 Å². The fraction of sp³-hybridized carbons (Fsp3) is 0.300. The fourth-order valence-corrected chi connectivity index (χ4v) is 1.44. The average molecular weight is 328 g/mol. The summed E-state index contributed by atoms with van der Waals surface area (Å²) in [6, 6.07) is 4.43. The summed E-state index contributed by atoms with van der Waals surface area (Å²) in [5, 5.41) is 0. The molecule has 18 heavy (non-hydrogen) atoms. The van der Waals surface area contributed by atoms with Crippen molar-refractivity contribution in [1.82, 2.24) is 0 Å². The van der Waals surface area contributed by atoms with Gasteiger partial charge in [-0.3, -0.25) is 0 Å². The highest BCUT2D eigenvalue weighted by Crippen LogP contribution is 2.20. The first-order valence-corrected chi connectivity index (χ1v) is 5.45. The van der Waals surface area contributed by atoms with Crippen molar-refractivity contribution in [3.05, 3.63) is 28.2 Å². The fourth-order valence-electron chi connectivity index (χ4n) is 1.03. The van der Waals surface area contributed by atoms with Gasteiger partial charge in [0.05, 0.1) is 5.56 Å². The van der Waals surface area contributed by atoms with Crippen molar-refractivity contribution in [1.29, 1.82) is 0 Å². The van der Waals surface area contributed by atoms with Gasteiger partial charge in [0.2, 0.25) is 0 Å². The highest BCUT2D eigenvalue weighted by atomic mass is 79.9. The maximum atomic E-state index is 11.7. The van der Waals surface area contributed by atoms with E-state index in [0.717, 1.165) is 0 Å². The molecule has 1 aromatic rings. The van der Waals surface area contributed by atoms with Crippen molar-refractivity contribution in [3.63, 3.8) is 0 Å². The van der Waals surface area contributed by atoms with Gasteiger partial charge in [-0.1, -0.05) is 0 Å². The third-order valence-corrected chi connectivity index (χ3v) is 2.44. The molecule has 100 valence electrons. The monoisotopic (exact) mass is 327 g/mol. The predicted molar refractivity (Wildman–Crippen MR) is 60.8 cm³/mol. The van der Waals surface area contributed by atoms with Crippen molar-refractivity contribution in [2.45, 2.75) is 6.18 Å². The minimum absolute atomic E-state index is 0.116. The molecular formula is C10H9BrF3NO3. The molecule has 0 aliphatic heterocycles. The molecular weight excluding hydrogens is 319 g/mol. The van der Waals surface area contributed by atoms with E-state index in [1.165, 1.54) is 12.1 Å². The van der Waals surface area contributed by atoms with Gasteiger partial charge in [-0.25, -0.2) is 4.79 Å². The molecule has 0 aliphatic rings. The first-order valence-electron chi connectivity index (χ1n) is 4.66. The van der Waals surface area contributed by atoms with Gasteiger partial charge in [0.1, 0.15) is 6.61 Å². The van der Waals surface area contributed by atoms with Crippen LogP contribution >= 0.6 is 15.9 Å². The van der Waals surface area contributed by atoms with E-state index in [-0.39, 0.29) is 5.56 Å². The molecule has 0 spiro atoms. The molecule has 4 nitrogen and oxygen atoms in total. The normalized spacial score (nSPS) is 11.3. The Balaban J connectivity index is 2.48. The lowest BCUT2D eigenvalue weighted by molar-refractivity contribution is -0.190. The Morgan fingerprint density at radius 1 is 1.39 bits per heavy atom. The van der Waals surface area contributed by atoms with Gasteiger partial charge in [-0.05, 0) is 34.1 Å². The number of hydrogen-bond acceptors (Lipinski definition) is 4. The number of rotatable bonds is 4. The highest BCUT2D eigenvalue weighted by Gasteiger charge is 2.27. The van der Waals surface area contributed by atoms with E-state index in [1.54, 1.807) is 6.07 Å². The number of carbonyl (C=O) groups excluding carboxylic acids is 1. The standard InChI is InChI=1S/C10H9BrF3NO3/c11-8-2-1-6(15)3-7(8)9(16)18-5-17-4-10(12,13)14/h1-3H,4-5,15H2. The van der Waals surface area contributed by atoms with Gasteiger partial charge < -0.3 is 15.2 Å². The maximum Gasteiger partial charge on any atom is 0.411 e. The van der Waals surface area contributed by atoms with Gasteiger partial charge in [0.15, 0.2) is 6.79 Å².